The van der Waals surface area contributed by atoms with Gasteiger partial charge in [0, 0.05) is 33.3 Å². The largest absolute Gasteiger partial charge is 0.455 e. The number of rotatable bonds is 5. The van der Waals surface area contributed by atoms with Crippen LogP contribution in [-0.2, 0) is 5.41 Å². The Kier molecular flexibility index (Phi) is 7.26. The molecule has 0 radical (unpaired) electrons. The van der Waals surface area contributed by atoms with E-state index in [1.54, 1.807) is 0 Å². The smallest absolute Gasteiger partial charge is 0.143 e. The zero-order valence-corrected chi connectivity index (χ0v) is 33.2. The van der Waals surface area contributed by atoms with Gasteiger partial charge in [0.05, 0.1) is 11.1 Å². The maximum atomic E-state index is 6.51. The molecule has 284 valence electrons. The van der Waals surface area contributed by atoms with Crippen molar-refractivity contribution in [3.05, 3.63) is 247 Å². The van der Waals surface area contributed by atoms with Crippen molar-refractivity contribution in [2.45, 2.75) is 5.41 Å². The van der Waals surface area contributed by atoms with Crippen molar-refractivity contribution in [3.63, 3.8) is 0 Å². The highest BCUT2D eigenvalue weighted by atomic mass is 16.3. The standard InChI is InChI=1S/C59H37NO/c1-2-16-43-38(14-1)15-11-21-44(43)39-30-34-41(35-31-39)60(42-36-32-40(33-37-42)45-22-12-24-51-49-20-6-10-29-56(49)61-58(45)51)55-28-13-23-50-48-19-5-9-27-54(48)59(57(50)55)52-25-7-3-17-46(52)47-18-4-8-26-53(47)59/h1-37H. The first-order chi connectivity index (χ1) is 30.3. The fourth-order valence-corrected chi connectivity index (χ4v) is 10.8. The third kappa shape index (κ3) is 4.79. The first-order valence-electron chi connectivity index (χ1n) is 21.1. The van der Waals surface area contributed by atoms with Crippen molar-refractivity contribution in [2.75, 3.05) is 4.90 Å². The van der Waals surface area contributed by atoms with E-state index >= 15 is 0 Å². The summed E-state index contributed by atoms with van der Waals surface area (Å²) in [5.41, 5.74) is 19.7. The Balaban J connectivity index is 1.04. The van der Waals surface area contributed by atoms with Crippen LogP contribution in [0.15, 0.2) is 229 Å². The van der Waals surface area contributed by atoms with Gasteiger partial charge in [-0.1, -0.05) is 188 Å². The van der Waals surface area contributed by atoms with Gasteiger partial charge in [-0.25, -0.2) is 0 Å². The lowest BCUT2D eigenvalue weighted by Gasteiger charge is -2.36. The first-order valence-corrected chi connectivity index (χ1v) is 21.1. The second kappa shape index (κ2) is 13.0. The normalized spacial score (nSPS) is 13.0. The van der Waals surface area contributed by atoms with Crippen LogP contribution in [-0.4, -0.2) is 0 Å². The molecular weight excluding hydrogens is 739 g/mol. The highest BCUT2D eigenvalue weighted by Gasteiger charge is 2.53. The number of hydrogen-bond donors (Lipinski definition) is 0. The Bertz CT molecular complexity index is 3470. The molecule has 0 fully saturated rings. The Morgan fingerprint density at radius 1 is 0.328 bits per heavy atom. The second-order valence-electron chi connectivity index (χ2n) is 16.3. The average Bonchev–Trinajstić information content (AvgIpc) is 3.97. The van der Waals surface area contributed by atoms with Crippen LogP contribution in [0.5, 0.6) is 0 Å². The number of fused-ring (bicyclic) bond motifs is 14. The van der Waals surface area contributed by atoms with E-state index in [1.165, 1.54) is 66.4 Å². The van der Waals surface area contributed by atoms with Gasteiger partial charge in [-0.15, -0.1) is 0 Å². The van der Waals surface area contributed by atoms with E-state index in [2.05, 4.69) is 223 Å². The molecule has 1 aromatic heterocycles. The molecule has 61 heavy (non-hydrogen) atoms. The first kappa shape index (κ1) is 34.0. The summed E-state index contributed by atoms with van der Waals surface area (Å²) in [6, 6.07) is 82.3. The maximum absolute atomic E-state index is 6.51. The molecule has 0 amide bonds. The van der Waals surface area contributed by atoms with Crippen molar-refractivity contribution >= 4 is 49.8 Å². The minimum absolute atomic E-state index is 0.506. The number of para-hydroxylation sites is 2. The molecule has 11 aromatic rings. The zero-order valence-electron chi connectivity index (χ0n) is 33.2. The van der Waals surface area contributed by atoms with Crippen LogP contribution in [0.25, 0.3) is 77.2 Å². The number of hydrogen-bond acceptors (Lipinski definition) is 2. The summed E-state index contributed by atoms with van der Waals surface area (Å²) >= 11 is 0. The zero-order chi connectivity index (χ0) is 40.1. The molecule has 2 nitrogen and oxygen atoms in total. The molecule has 10 aromatic carbocycles. The third-order valence-electron chi connectivity index (χ3n) is 13.3. The number of anilines is 3. The van der Waals surface area contributed by atoms with Gasteiger partial charge in [0.25, 0.3) is 0 Å². The summed E-state index contributed by atoms with van der Waals surface area (Å²) in [4.78, 5) is 2.48. The Morgan fingerprint density at radius 2 is 0.787 bits per heavy atom. The lowest BCUT2D eigenvalue weighted by molar-refractivity contribution is 0.670. The molecule has 2 heteroatoms. The predicted molar refractivity (Wildman–Crippen MR) is 253 cm³/mol. The minimum Gasteiger partial charge on any atom is -0.455 e. The molecule has 0 atom stereocenters. The lowest BCUT2D eigenvalue weighted by atomic mass is 9.70. The molecular formula is C59H37NO. The summed E-state index contributed by atoms with van der Waals surface area (Å²) in [5.74, 6) is 0. The number of furan rings is 1. The van der Waals surface area contributed by atoms with Gasteiger partial charge in [0.2, 0.25) is 0 Å². The Hall–Kier alpha value is -7.94. The molecule has 1 heterocycles. The monoisotopic (exact) mass is 775 g/mol. The number of nitrogens with zero attached hydrogens (tertiary/aromatic N) is 1. The van der Waals surface area contributed by atoms with Crippen LogP contribution in [0.1, 0.15) is 22.3 Å². The minimum atomic E-state index is -0.506. The van der Waals surface area contributed by atoms with Crippen LogP contribution in [0.3, 0.4) is 0 Å². The van der Waals surface area contributed by atoms with Gasteiger partial charge in [0.15, 0.2) is 0 Å². The maximum Gasteiger partial charge on any atom is 0.143 e. The van der Waals surface area contributed by atoms with E-state index in [0.29, 0.717) is 0 Å². The molecule has 13 rings (SSSR count). The fraction of sp³-hybridized carbons (Fsp3) is 0.0169. The summed E-state index contributed by atoms with van der Waals surface area (Å²) < 4.78 is 6.51. The SMILES string of the molecule is c1ccc2c(c1)-c1ccccc1C21c2ccccc2-c2cccc(N(c3ccc(-c4cccc5ccccc45)cc3)c3ccc(-c4cccc5c4oc4ccccc45)cc3)c21. The van der Waals surface area contributed by atoms with Crippen molar-refractivity contribution in [1.29, 1.82) is 0 Å². The van der Waals surface area contributed by atoms with Crippen LogP contribution in [0.2, 0.25) is 0 Å². The van der Waals surface area contributed by atoms with E-state index in [9.17, 15) is 0 Å². The van der Waals surface area contributed by atoms with Crippen molar-refractivity contribution < 1.29 is 4.42 Å². The summed E-state index contributed by atoms with van der Waals surface area (Å²) in [7, 11) is 0. The molecule has 0 saturated carbocycles. The van der Waals surface area contributed by atoms with E-state index in [4.69, 9.17) is 4.42 Å². The quantitative estimate of drug-likeness (QED) is 0.173. The second-order valence-corrected chi connectivity index (χ2v) is 16.3. The van der Waals surface area contributed by atoms with Gasteiger partial charge >= 0.3 is 0 Å². The predicted octanol–water partition coefficient (Wildman–Crippen LogP) is 15.9. The van der Waals surface area contributed by atoms with Gasteiger partial charge in [0.1, 0.15) is 11.2 Å². The van der Waals surface area contributed by atoms with Crippen LogP contribution in [0, 0.1) is 0 Å². The van der Waals surface area contributed by atoms with Crippen molar-refractivity contribution in [3.8, 4) is 44.5 Å². The summed E-state index contributed by atoms with van der Waals surface area (Å²) in [6.07, 6.45) is 0. The Morgan fingerprint density at radius 3 is 1.48 bits per heavy atom. The molecule has 2 aliphatic rings. The van der Waals surface area contributed by atoms with Crippen molar-refractivity contribution in [1.82, 2.24) is 0 Å². The van der Waals surface area contributed by atoms with Gasteiger partial charge < -0.3 is 9.32 Å². The van der Waals surface area contributed by atoms with E-state index in [1.807, 2.05) is 6.07 Å². The summed E-state index contributed by atoms with van der Waals surface area (Å²) in [5, 5.41) is 4.76. The molecule has 0 saturated heterocycles. The lowest BCUT2D eigenvalue weighted by Crippen LogP contribution is -2.28. The van der Waals surface area contributed by atoms with Crippen molar-refractivity contribution in [2.24, 2.45) is 0 Å². The van der Waals surface area contributed by atoms with Gasteiger partial charge in [-0.2, -0.15) is 0 Å². The van der Waals surface area contributed by atoms with Crippen LogP contribution < -0.4 is 4.90 Å². The fourth-order valence-electron chi connectivity index (χ4n) is 10.8. The highest BCUT2D eigenvalue weighted by Crippen LogP contribution is 2.65. The Labute approximate surface area is 354 Å². The van der Waals surface area contributed by atoms with Crippen LogP contribution >= 0.6 is 0 Å². The van der Waals surface area contributed by atoms with E-state index in [-0.39, 0.29) is 0 Å². The topological polar surface area (TPSA) is 16.4 Å². The summed E-state index contributed by atoms with van der Waals surface area (Å²) in [6.45, 7) is 0. The molecule has 0 bridgehead atoms. The van der Waals surface area contributed by atoms with Gasteiger partial charge in [-0.3, -0.25) is 0 Å². The molecule has 0 aliphatic heterocycles. The molecule has 0 N–H and O–H groups in total. The number of benzene rings is 10. The van der Waals surface area contributed by atoms with Gasteiger partial charge in [-0.05, 0) is 103 Å². The van der Waals surface area contributed by atoms with E-state index in [0.717, 1.165) is 50.1 Å². The molecule has 2 aliphatic carbocycles. The molecule has 1 spiro atoms. The van der Waals surface area contributed by atoms with Crippen LogP contribution in [0.4, 0.5) is 17.1 Å². The van der Waals surface area contributed by atoms with E-state index < -0.39 is 5.41 Å². The average molecular weight is 776 g/mol. The molecule has 0 unspecified atom stereocenters. The highest BCUT2D eigenvalue weighted by molar-refractivity contribution is 6.09. The third-order valence-corrected chi connectivity index (χ3v) is 13.3.